The highest BCUT2D eigenvalue weighted by molar-refractivity contribution is 6.07. The third kappa shape index (κ3) is 5.07. The number of carbonyl (C=O) groups excluding carboxylic acids is 4. The molecule has 2 aliphatic heterocycles. The summed E-state index contributed by atoms with van der Waals surface area (Å²) in [6.45, 7) is 0. The second kappa shape index (κ2) is 11.6. The highest BCUT2D eigenvalue weighted by Crippen LogP contribution is 2.37. The number of fused-ring (bicyclic) bond motifs is 2. The Morgan fingerprint density at radius 3 is 1.26 bits per heavy atom. The maximum atomic E-state index is 12.4. The monoisotopic (exact) mass is 608 g/mol. The van der Waals surface area contributed by atoms with Gasteiger partial charge in [0.15, 0.2) is 0 Å². The summed E-state index contributed by atoms with van der Waals surface area (Å²) in [4.78, 5) is 57.7. The fourth-order valence-electron chi connectivity index (χ4n) is 6.53. The predicted octanol–water partition coefficient (Wildman–Crippen LogP) is 6.61. The van der Waals surface area contributed by atoms with Gasteiger partial charge in [-0.3, -0.25) is 29.0 Å². The number of carbonyl (C=O) groups is 4. The molecule has 2 aliphatic rings. The summed E-state index contributed by atoms with van der Waals surface area (Å²) in [6, 6.07) is 35.9. The van der Waals surface area contributed by atoms with Crippen LogP contribution in [0.4, 0.5) is 0 Å². The number of nitrogens with zero attached hydrogens (tertiary/aromatic N) is 2. The number of H-pyrrole nitrogens is 2. The summed E-state index contributed by atoms with van der Waals surface area (Å²) in [7, 11) is 3.10. The summed E-state index contributed by atoms with van der Waals surface area (Å²) in [5.41, 5.74) is 7.82. The van der Waals surface area contributed by atoms with E-state index in [-0.39, 0.29) is 36.5 Å². The number of nitrogens with one attached hydrogen (secondary N) is 2. The van der Waals surface area contributed by atoms with Gasteiger partial charge < -0.3 is 9.97 Å². The van der Waals surface area contributed by atoms with Crippen LogP contribution in [0, 0.1) is 0 Å². The maximum absolute atomic E-state index is 12.4. The van der Waals surface area contributed by atoms with Crippen molar-refractivity contribution in [3.63, 3.8) is 0 Å². The molecule has 8 rings (SSSR count). The number of amides is 4. The molecule has 46 heavy (non-hydrogen) atoms. The molecule has 2 atom stereocenters. The Bertz CT molecular complexity index is 1940. The van der Waals surface area contributed by atoms with Crippen LogP contribution in [0.2, 0.25) is 0 Å². The lowest BCUT2D eigenvalue weighted by atomic mass is 9.91. The van der Waals surface area contributed by atoms with Crippen LogP contribution in [0.5, 0.6) is 0 Å². The van der Waals surface area contributed by atoms with Crippen LogP contribution in [-0.2, 0) is 19.2 Å². The minimum Gasteiger partial charge on any atom is -0.355 e. The van der Waals surface area contributed by atoms with Crippen LogP contribution in [-0.4, -0.2) is 57.5 Å². The van der Waals surface area contributed by atoms with E-state index in [0.717, 1.165) is 55.4 Å². The predicted molar refractivity (Wildman–Crippen MR) is 178 cm³/mol. The lowest BCUT2D eigenvalue weighted by molar-refractivity contribution is -0.138. The summed E-state index contributed by atoms with van der Waals surface area (Å²) in [5, 5.41) is 2.26. The molecule has 0 aliphatic carbocycles. The molecule has 0 radical (unpaired) electrons. The van der Waals surface area contributed by atoms with Gasteiger partial charge in [0.25, 0.3) is 0 Å². The number of hydrogen-bond acceptors (Lipinski definition) is 4. The van der Waals surface area contributed by atoms with E-state index in [4.69, 9.17) is 0 Å². The van der Waals surface area contributed by atoms with E-state index in [2.05, 4.69) is 34.2 Å². The Kier molecular flexibility index (Phi) is 7.33. The van der Waals surface area contributed by atoms with Crippen LogP contribution in [0.1, 0.15) is 35.8 Å². The number of likely N-dealkylation sites (tertiary alicyclic amines) is 2. The third-order valence-corrected chi connectivity index (χ3v) is 9.08. The number of imide groups is 2. The molecule has 2 aromatic heterocycles. The van der Waals surface area contributed by atoms with Crippen molar-refractivity contribution in [3.8, 4) is 22.5 Å². The van der Waals surface area contributed by atoms with E-state index in [9.17, 15) is 19.2 Å². The van der Waals surface area contributed by atoms with Gasteiger partial charge in [0.1, 0.15) is 0 Å². The van der Waals surface area contributed by atoms with Gasteiger partial charge in [0.2, 0.25) is 23.6 Å². The van der Waals surface area contributed by atoms with E-state index in [0.29, 0.717) is 0 Å². The Hall–Kier alpha value is -5.76. The zero-order chi connectivity index (χ0) is 31.9. The van der Waals surface area contributed by atoms with Gasteiger partial charge >= 0.3 is 0 Å². The van der Waals surface area contributed by atoms with Crippen molar-refractivity contribution < 1.29 is 19.2 Å². The molecule has 2 N–H and O–H groups in total. The van der Waals surface area contributed by atoms with E-state index in [1.807, 2.05) is 84.9 Å². The first-order valence-corrected chi connectivity index (χ1v) is 15.2. The molecule has 8 nitrogen and oxygen atoms in total. The molecular weight excluding hydrogens is 576 g/mol. The molecule has 0 bridgehead atoms. The summed E-state index contributed by atoms with van der Waals surface area (Å²) in [6.07, 6.45) is 0.485. The van der Waals surface area contributed by atoms with Crippen LogP contribution in [0.25, 0.3) is 44.3 Å². The van der Waals surface area contributed by atoms with Crippen molar-refractivity contribution in [3.05, 3.63) is 120 Å². The van der Waals surface area contributed by atoms with Crippen molar-refractivity contribution in [1.82, 2.24) is 19.8 Å². The van der Waals surface area contributed by atoms with Gasteiger partial charge in [-0.1, -0.05) is 84.9 Å². The van der Waals surface area contributed by atoms with Crippen molar-refractivity contribution in [2.45, 2.75) is 24.7 Å². The molecule has 2 saturated heterocycles. The van der Waals surface area contributed by atoms with Crippen LogP contribution in [0.3, 0.4) is 0 Å². The number of benzene rings is 4. The zero-order valence-electron chi connectivity index (χ0n) is 25.5. The molecule has 8 heteroatoms. The minimum atomic E-state index is -0.393. The van der Waals surface area contributed by atoms with E-state index >= 15 is 0 Å². The van der Waals surface area contributed by atoms with Gasteiger partial charge in [-0.25, -0.2) is 0 Å². The summed E-state index contributed by atoms with van der Waals surface area (Å²) >= 11 is 0. The average Bonchev–Trinajstić information content (AvgIpc) is 3.84. The molecule has 228 valence electrons. The summed E-state index contributed by atoms with van der Waals surface area (Å²) in [5.74, 6) is -1.28. The number of aromatic nitrogens is 2. The largest absolute Gasteiger partial charge is 0.355 e. The molecule has 4 amide bonds. The van der Waals surface area contributed by atoms with Gasteiger partial charge in [-0.05, 0) is 35.4 Å². The van der Waals surface area contributed by atoms with Crippen LogP contribution in [0.15, 0.2) is 109 Å². The molecule has 0 unspecified atom stereocenters. The van der Waals surface area contributed by atoms with Crippen molar-refractivity contribution in [2.24, 2.45) is 0 Å². The first kappa shape index (κ1) is 29.0. The Balaban J connectivity index is 0.000000147. The summed E-state index contributed by atoms with van der Waals surface area (Å²) < 4.78 is 0. The van der Waals surface area contributed by atoms with E-state index in [1.54, 1.807) is 14.1 Å². The highest BCUT2D eigenvalue weighted by atomic mass is 16.2. The van der Waals surface area contributed by atoms with Crippen LogP contribution >= 0.6 is 0 Å². The molecule has 2 fully saturated rings. The topological polar surface area (TPSA) is 106 Å². The lowest BCUT2D eigenvalue weighted by Gasteiger charge is -2.13. The minimum absolute atomic E-state index is 0.119. The van der Waals surface area contributed by atoms with Gasteiger partial charge in [0.05, 0.1) is 11.8 Å². The first-order valence-electron chi connectivity index (χ1n) is 15.2. The fourth-order valence-corrected chi connectivity index (χ4v) is 6.53. The van der Waals surface area contributed by atoms with Crippen LogP contribution < -0.4 is 0 Å². The number of likely N-dealkylation sites (N-methyl/N-ethyl adjacent to an activating group) is 2. The molecular formula is C38H32N4O4. The number of hydrogen-bond donors (Lipinski definition) is 2. The average molecular weight is 609 g/mol. The third-order valence-electron chi connectivity index (χ3n) is 9.08. The molecule has 6 aromatic rings. The quantitative estimate of drug-likeness (QED) is 0.220. The maximum Gasteiger partial charge on any atom is 0.236 e. The number of aromatic amines is 2. The molecule has 4 heterocycles. The van der Waals surface area contributed by atoms with Gasteiger partial charge in [-0.2, -0.15) is 0 Å². The van der Waals surface area contributed by atoms with Crippen molar-refractivity contribution in [2.75, 3.05) is 14.1 Å². The highest BCUT2D eigenvalue weighted by Gasteiger charge is 2.39. The van der Waals surface area contributed by atoms with E-state index in [1.165, 1.54) is 9.80 Å². The normalized spacial score (nSPS) is 18.1. The zero-order valence-corrected chi connectivity index (χ0v) is 25.5. The Morgan fingerprint density at radius 2 is 0.891 bits per heavy atom. The second-order valence-electron chi connectivity index (χ2n) is 11.8. The lowest BCUT2D eigenvalue weighted by Crippen LogP contribution is -2.25. The molecule has 4 aromatic carbocycles. The smallest absolute Gasteiger partial charge is 0.236 e. The van der Waals surface area contributed by atoms with Gasteiger partial charge in [0, 0.05) is 71.3 Å². The standard InChI is InChI=1S/2C19H16N2O2/c2*1-21-18(22)11-15(19(21)23)13-7-3-4-8-14(13)17-10-12-6-2-5-9-16(12)20-17/h2*2-10,15,20H,11H2,1H3/t2*15-/m11/s1. The molecule has 0 saturated carbocycles. The number of rotatable bonds is 4. The Morgan fingerprint density at radius 1 is 0.522 bits per heavy atom. The van der Waals surface area contributed by atoms with Gasteiger partial charge in [-0.15, -0.1) is 0 Å². The molecule has 0 spiro atoms. The fraction of sp³-hybridized carbons (Fsp3) is 0.158. The van der Waals surface area contributed by atoms with Crippen molar-refractivity contribution >= 4 is 45.4 Å². The first-order chi connectivity index (χ1) is 22.3. The Labute approximate surface area is 265 Å². The SMILES string of the molecule is CN1C(=O)C[C@H](c2ccccc2-c2cc3ccccc3[nH]2)C1=O.CN1C(=O)C[C@H](c2ccccc2-c2cc3ccccc3[nH]2)C1=O. The van der Waals surface area contributed by atoms with Crippen molar-refractivity contribution in [1.29, 1.82) is 0 Å². The number of para-hydroxylation sites is 2. The second-order valence-corrected chi connectivity index (χ2v) is 11.8. The van der Waals surface area contributed by atoms with E-state index < -0.39 is 11.8 Å².